The van der Waals surface area contributed by atoms with Crippen molar-refractivity contribution in [3.8, 4) is 0 Å². The Morgan fingerprint density at radius 3 is 2.89 bits per heavy atom. The van der Waals surface area contributed by atoms with E-state index >= 15 is 0 Å². The predicted octanol–water partition coefficient (Wildman–Crippen LogP) is 1.68. The molecule has 0 fully saturated rings. The Hall–Kier alpha value is -0.960. The minimum absolute atomic E-state index is 0. The lowest BCUT2D eigenvalue weighted by Crippen LogP contribution is -1.73. The van der Waals surface area contributed by atoms with E-state index in [4.69, 9.17) is 0 Å². The maximum atomic E-state index is 3.86. The zero-order valence-corrected chi connectivity index (χ0v) is 5.30. The predicted molar refractivity (Wildman–Crippen MR) is 36.8 cm³/mol. The van der Waals surface area contributed by atoms with Gasteiger partial charge in [0.25, 0.3) is 0 Å². The minimum Gasteiger partial charge on any atom is -0.262 e. The summed E-state index contributed by atoms with van der Waals surface area (Å²) in [5.41, 5.74) is 1.90. The van der Waals surface area contributed by atoms with Crippen molar-refractivity contribution in [2.24, 2.45) is 15.2 Å². The van der Waals surface area contributed by atoms with Crippen LogP contribution in [0.25, 0.3) is 0 Å². The van der Waals surface area contributed by atoms with Gasteiger partial charge in [0, 0.05) is 11.8 Å². The molecular formula is C5H4ClN3. The number of halogens is 1. The van der Waals surface area contributed by atoms with E-state index < -0.39 is 0 Å². The summed E-state index contributed by atoms with van der Waals surface area (Å²) in [6.45, 7) is 0. The van der Waals surface area contributed by atoms with Crippen LogP contribution in [-0.2, 0) is 0 Å². The van der Waals surface area contributed by atoms with E-state index in [1.807, 2.05) is 0 Å². The summed E-state index contributed by atoms with van der Waals surface area (Å²) in [6, 6.07) is 0. The van der Waals surface area contributed by atoms with Crippen LogP contribution in [0.1, 0.15) is 0 Å². The lowest BCUT2D eigenvalue weighted by molar-refractivity contribution is 1.23. The van der Waals surface area contributed by atoms with E-state index in [1.54, 1.807) is 18.6 Å². The molecule has 0 radical (unpaired) electrons. The molecule has 9 heavy (non-hydrogen) atoms. The van der Waals surface area contributed by atoms with E-state index in [2.05, 4.69) is 15.2 Å². The van der Waals surface area contributed by atoms with E-state index in [1.165, 1.54) is 0 Å². The van der Waals surface area contributed by atoms with E-state index in [0.717, 1.165) is 11.3 Å². The molecule has 0 amide bonds. The summed E-state index contributed by atoms with van der Waals surface area (Å²) in [6.07, 6.45) is 5.14. The molecule has 4 heteroatoms. The summed E-state index contributed by atoms with van der Waals surface area (Å²) >= 11 is 0. The Bertz CT molecular complexity index is 211. The third-order valence-electron chi connectivity index (χ3n) is 1.07. The van der Waals surface area contributed by atoms with Crippen LogP contribution in [0, 0.1) is 0 Å². The maximum absolute atomic E-state index is 3.86. The van der Waals surface area contributed by atoms with Crippen LogP contribution in [0.4, 0.5) is 0 Å². The molecule has 46 valence electrons. The highest BCUT2D eigenvalue weighted by molar-refractivity contribution is 5.88. The second kappa shape index (κ2) is 2.11. The number of allylic oxidation sites excluding steroid dienone is 1. The van der Waals surface area contributed by atoms with Gasteiger partial charge in [0.1, 0.15) is 5.70 Å². The lowest BCUT2D eigenvalue weighted by atomic mass is 10.3. The summed E-state index contributed by atoms with van der Waals surface area (Å²) < 4.78 is 0. The van der Waals surface area contributed by atoms with Gasteiger partial charge in [0.05, 0.1) is 12.4 Å². The average molecular weight is 142 g/mol. The van der Waals surface area contributed by atoms with E-state index in [9.17, 15) is 0 Å². The van der Waals surface area contributed by atoms with Crippen LogP contribution in [0.3, 0.4) is 0 Å². The number of fused-ring (bicyclic) bond motifs is 1. The summed E-state index contributed by atoms with van der Waals surface area (Å²) in [5.74, 6) is 0. The first-order valence-electron chi connectivity index (χ1n) is 2.31. The van der Waals surface area contributed by atoms with Crippen molar-refractivity contribution in [1.82, 2.24) is 0 Å². The number of azo groups is 1. The number of aliphatic imine (C=N–C) groups is 1. The molecule has 2 rings (SSSR count). The largest absolute Gasteiger partial charge is 0.262 e. The number of nitrogens with zero attached hydrogens (tertiary/aromatic N) is 3. The molecule has 0 saturated heterocycles. The van der Waals surface area contributed by atoms with Gasteiger partial charge in [-0.2, -0.15) is 5.11 Å². The van der Waals surface area contributed by atoms with Crippen molar-refractivity contribution in [2.75, 3.05) is 0 Å². The van der Waals surface area contributed by atoms with Gasteiger partial charge < -0.3 is 0 Å². The van der Waals surface area contributed by atoms with Crippen LogP contribution < -0.4 is 0 Å². The number of hydrogen-bond acceptors (Lipinski definition) is 3. The summed E-state index contributed by atoms with van der Waals surface area (Å²) in [7, 11) is 0. The van der Waals surface area contributed by atoms with Gasteiger partial charge in [-0.15, -0.1) is 17.5 Å². The third-order valence-corrected chi connectivity index (χ3v) is 1.07. The zero-order valence-electron chi connectivity index (χ0n) is 4.48. The van der Waals surface area contributed by atoms with Crippen molar-refractivity contribution in [1.29, 1.82) is 0 Å². The first-order chi connectivity index (χ1) is 3.97. The Labute approximate surface area is 58.3 Å². The van der Waals surface area contributed by atoms with Crippen LogP contribution in [0.2, 0.25) is 0 Å². The highest BCUT2D eigenvalue weighted by Crippen LogP contribution is 2.20. The second-order valence-electron chi connectivity index (χ2n) is 1.59. The van der Waals surface area contributed by atoms with Gasteiger partial charge in [-0.25, -0.2) is 0 Å². The molecule has 3 nitrogen and oxygen atoms in total. The average Bonchev–Trinajstić information content (AvgIpc) is 2.15. The standard InChI is InChI=1S/C5H3N3.ClH/c1-4-2-7-8-5(4)3-6-1;/h1-3H;1H. The molecule has 0 aromatic carbocycles. The van der Waals surface area contributed by atoms with Gasteiger partial charge in [-0.1, -0.05) is 0 Å². The first kappa shape index (κ1) is 6.16. The third kappa shape index (κ3) is 0.791. The highest BCUT2D eigenvalue weighted by Gasteiger charge is 2.09. The van der Waals surface area contributed by atoms with Crippen LogP contribution in [-0.4, -0.2) is 6.21 Å². The molecule has 0 aliphatic carbocycles. The topological polar surface area (TPSA) is 37.1 Å². The Balaban J connectivity index is 0.000000405. The highest BCUT2D eigenvalue weighted by atomic mass is 35.5. The quantitative estimate of drug-likeness (QED) is 0.492. The molecule has 2 aliphatic rings. The van der Waals surface area contributed by atoms with Gasteiger partial charge in [0.15, 0.2) is 0 Å². The zero-order chi connectivity index (χ0) is 5.40. The van der Waals surface area contributed by atoms with E-state index in [-0.39, 0.29) is 12.4 Å². The smallest absolute Gasteiger partial charge is 0.114 e. The normalized spacial score (nSPS) is 18.7. The SMILES string of the molecule is C1=NC=C2N=NC=C12.Cl. The van der Waals surface area contributed by atoms with Crippen molar-refractivity contribution in [3.05, 3.63) is 23.7 Å². The molecule has 0 aromatic rings. The fraction of sp³-hybridized carbons (Fsp3) is 0. The molecular weight excluding hydrogens is 138 g/mol. The molecule has 0 unspecified atom stereocenters. The van der Waals surface area contributed by atoms with Crippen LogP contribution >= 0.6 is 12.4 Å². The molecule has 2 heterocycles. The minimum atomic E-state index is 0. The molecule has 0 atom stereocenters. The second-order valence-corrected chi connectivity index (χ2v) is 1.59. The molecule has 0 spiro atoms. The molecule has 0 saturated carbocycles. The number of rotatable bonds is 0. The molecule has 0 N–H and O–H groups in total. The maximum Gasteiger partial charge on any atom is 0.114 e. The summed E-state index contributed by atoms with van der Waals surface area (Å²) in [5, 5.41) is 7.44. The fourth-order valence-corrected chi connectivity index (χ4v) is 0.665. The monoisotopic (exact) mass is 141 g/mol. The Morgan fingerprint density at radius 1 is 1.22 bits per heavy atom. The Kier molecular flexibility index (Phi) is 1.44. The van der Waals surface area contributed by atoms with Gasteiger partial charge >= 0.3 is 0 Å². The van der Waals surface area contributed by atoms with Crippen molar-refractivity contribution in [2.45, 2.75) is 0 Å². The first-order valence-corrected chi connectivity index (χ1v) is 2.31. The van der Waals surface area contributed by atoms with Crippen molar-refractivity contribution < 1.29 is 0 Å². The molecule has 0 aromatic heterocycles. The van der Waals surface area contributed by atoms with Crippen LogP contribution in [0.5, 0.6) is 0 Å². The van der Waals surface area contributed by atoms with Gasteiger partial charge in [-0.05, 0) is 0 Å². The molecule has 2 aliphatic heterocycles. The Morgan fingerprint density at radius 2 is 2.11 bits per heavy atom. The van der Waals surface area contributed by atoms with E-state index in [0.29, 0.717) is 0 Å². The van der Waals surface area contributed by atoms with Gasteiger partial charge in [0.2, 0.25) is 0 Å². The molecule has 0 bridgehead atoms. The van der Waals surface area contributed by atoms with Gasteiger partial charge in [-0.3, -0.25) is 4.99 Å². The summed E-state index contributed by atoms with van der Waals surface area (Å²) in [4.78, 5) is 3.86. The lowest BCUT2D eigenvalue weighted by Gasteiger charge is -1.78. The fourth-order valence-electron chi connectivity index (χ4n) is 0.665. The van der Waals surface area contributed by atoms with Crippen LogP contribution in [0.15, 0.2) is 38.9 Å². The van der Waals surface area contributed by atoms with Crippen molar-refractivity contribution >= 4 is 18.6 Å². The van der Waals surface area contributed by atoms with Crippen molar-refractivity contribution in [3.63, 3.8) is 0 Å². The number of hydrogen-bond donors (Lipinski definition) is 0.